The summed E-state index contributed by atoms with van der Waals surface area (Å²) in [5.41, 5.74) is 0. The monoisotopic (exact) mass is 177 g/mol. The van der Waals surface area contributed by atoms with Crippen LogP contribution in [0.3, 0.4) is 0 Å². The van der Waals surface area contributed by atoms with Gasteiger partial charge in [0.05, 0.1) is 12.7 Å². The van der Waals surface area contributed by atoms with Crippen LogP contribution >= 0.6 is 8.07 Å². The van der Waals surface area contributed by atoms with Crippen molar-refractivity contribution in [1.29, 1.82) is 0 Å². The van der Waals surface area contributed by atoms with E-state index in [-0.39, 0.29) is 8.07 Å². The lowest BCUT2D eigenvalue weighted by atomic mass is 10.5. The third-order valence-electron chi connectivity index (χ3n) is 1.41. The first-order chi connectivity index (χ1) is 5.16. The van der Waals surface area contributed by atoms with E-state index in [4.69, 9.17) is 4.74 Å². The normalized spacial score (nSPS) is 13.9. The van der Waals surface area contributed by atoms with Gasteiger partial charge in [0.2, 0.25) is 0 Å². The quantitative estimate of drug-likeness (QED) is 0.495. The molecule has 0 aromatic carbocycles. The molecule has 0 fully saturated rings. The molecule has 1 N–H and O–H groups in total. The highest BCUT2D eigenvalue weighted by Gasteiger charge is 1.96. The van der Waals surface area contributed by atoms with E-state index < -0.39 is 0 Å². The number of hydrogen-bond acceptors (Lipinski definition) is 2. The molecule has 0 saturated heterocycles. The highest BCUT2D eigenvalue weighted by atomic mass is 31.1. The minimum absolute atomic E-state index is 0.0608. The number of hydrogen-bond donors (Lipinski definition) is 1. The Morgan fingerprint density at radius 3 is 2.55 bits per heavy atom. The second-order valence-electron chi connectivity index (χ2n) is 2.84. The third-order valence-corrected chi connectivity index (χ3v) is 3.12. The molecule has 0 aromatic rings. The molecule has 2 nitrogen and oxygen atoms in total. The van der Waals surface area contributed by atoms with E-state index in [0.717, 1.165) is 13.2 Å². The summed E-state index contributed by atoms with van der Waals surface area (Å²) in [6, 6.07) is 0. The Labute approximate surface area is 71.5 Å². The third kappa shape index (κ3) is 8.25. The summed E-state index contributed by atoms with van der Waals surface area (Å²) in [4.78, 5) is 0. The topological polar surface area (TPSA) is 21.3 Å². The summed E-state index contributed by atoms with van der Waals surface area (Å²) >= 11 is 0. The van der Waals surface area contributed by atoms with Gasteiger partial charge in [0.1, 0.15) is 0 Å². The fourth-order valence-corrected chi connectivity index (χ4v) is 1.34. The minimum Gasteiger partial charge on any atom is -0.377 e. The van der Waals surface area contributed by atoms with Crippen molar-refractivity contribution in [2.24, 2.45) is 0 Å². The van der Waals surface area contributed by atoms with Gasteiger partial charge in [-0.25, -0.2) is 0 Å². The number of ether oxygens (including phenoxy) is 1. The predicted octanol–water partition coefficient (Wildman–Crippen LogP) is 2.05. The summed E-state index contributed by atoms with van der Waals surface area (Å²) in [6.45, 7) is 10.4. The van der Waals surface area contributed by atoms with Gasteiger partial charge in [-0.2, -0.15) is 0 Å². The Bertz CT molecular complexity index is 88.2. The Morgan fingerprint density at radius 1 is 1.45 bits per heavy atom. The molecule has 1 unspecified atom stereocenters. The molecular formula is C8H20NOP. The van der Waals surface area contributed by atoms with Gasteiger partial charge in [0.15, 0.2) is 0 Å². The van der Waals surface area contributed by atoms with E-state index in [9.17, 15) is 0 Å². The van der Waals surface area contributed by atoms with Crippen molar-refractivity contribution in [3.8, 4) is 0 Å². The van der Waals surface area contributed by atoms with Crippen LogP contribution in [0.25, 0.3) is 0 Å². The number of rotatable bonds is 6. The SMILES string of the molecule is CCP(C)NCCOC(C)C. The predicted molar refractivity (Wildman–Crippen MR) is 52.5 cm³/mol. The molecule has 0 aliphatic carbocycles. The highest BCUT2D eigenvalue weighted by molar-refractivity contribution is 7.54. The van der Waals surface area contributed by atoms with Crippen molar-refractivity contribution >= 4 is 8.07 Å². The smallest absolute Gasteiger partial charge is 0.0597 e. The van der Waals surface area contributed by atoms with Crippen LogP contribution in [0.5, 0.6) is 0 Å². The molecule has 0 bridgehead atoms. The molecule has 1 atom stereocenters. The highest BCUT2D eigenvalue weighted by Crippen LogP contribution is 2.22. The minimum atomic E-state index is 0.0608. The van der Waals surface area contributed by atoms with Crippen molar-refractivity contribution in [1.82, 2.24) is 5.09 Å². The lowest BCUT2D eigenvalue weighted by molar-refractivity contribution is 0.0835. The van der Waals surface area contributed by atoms with Crippen LogP contribution in [0, 0.1) is 0 Å². The first-order valence-electron chi connectivity index (χ1n) is 4.23. The van der Waals surface area contributed by atoms with Gasteiger partial charge < -0.3 is 4.74 Å². The van der Waals surface area contributed by atoms with Crippen LogP contribution in [0.15, 0.2) is 0 Å². The van der Waals surface area contributed by atoms with Crippen LogP contribution in [0.2, 0.25) is 0 Å². The zero-order valence-corrected chi connectivity index (χ0v) is 8.95. The summed E-state index contributed by atoms with van der Waals surface area (Å²) in [5.74, 6) is 0. The Kier molecular flexibility index (Phi) is 7.25. The van der Waals surface area contributed by atoms with Crippen LogP contribution in [0.4, 0.5) is 0 Å². The van der Waals surface area contributed by atoms with E-state index in [2.05, 4.69) is 32.5 Å². The molecule has 68 valence electrons. The second kappa shape index (κ2) is 7.02. The fraction of sp³-hybridized carbons (Fsp3) is 1.00. The van der Waals surface area contributed by atoms with Crippen molar-refractivity contribution < 1.29 is 4.74 Å². The zero-order chi connectivity index (χ0) is 8.69. The molecule has 0 spiro atoms. The van der Waals surface area contributed by atoms with Crippen molar-refractivity contribution in [3.63, 3.8) is 0 Å². The molecule has 0 heterocycles. The van der Waals surface area contributed by atoms with Gasteiger partial charge in [-0.15, -0.1) is 0 Å². The average molecular weight is 177 g/mol. The van der Waals surface area contributed by atoms with Gasteiger partial charge in [-0.05, 0) is 34.7 Å². The maximum absolute atomic E-state index is 5.38. The van der Waals surface area contributed by atoms with Gasteiger partial charge in [-0.3, -0.25) is 5.09 Å². The Hall–Kier alpha value is 0.350. The van der Waals surface area contributed by atoms with Crippen molar-refractivity contribution in [3.05, 3.63) is 0 Å². The molecule has 0 aliphatic heterocycles. The molecule has 0 radical (unpaired) electrons. The van der Waals surface area contributed by atoms with E-state index >= 15 is 0 Å². The van der Waals surface area contributed by atoms with Crippen molar-refractivity contribution in [2.75, 3.05) is 26.0 Å². The second-order valence-corrected chi connectivity index (χ2v) is 5.19. The average Bonchev–Trinajstić information content (AvgIpc) is 1.97. The molecule has 0 amide bonds. The summed E-state index contributed by atoms with van der Waals surface area (Å²) in [6.07, 6.45) is 1.61. The van der Waals surface area contributed by atoms with Crippen LogP contribution in [-0.2, 0) is 4.74 Å². The summed E-state index contributed by atoms with van der Waals surface area (Å²) in [7, 11) is 0.0608. The van der Waals surface area contributed by atoms with E-state index in [0.29, 0.717) is 6.10 Å². The van der Waals surface area contributed by atoms with Crippen LogP contribution in [-0.4, -0.2) is 32.1 Å². The molecule has 0 saturated carbocycles. The van der Waals surface area contributed by atoms with Gasteiger partial charge in [-0.1, -0.05) is 6.92 Å². The lowest BCUT2D eigenvalue weighted by Gasteiger charge is -2.12. The molecular weight excluding hydrogens is 157 g/mol. The standard InChI is InChI=1S/C8H20NOP/c1-5-11(4)9-6-7-10-8(2)3/h8-9H,5-7H2,1-4H3. The Morgan fingerprint density at radius 2 is 2.09 bits per heavy atom. The maximum atomic E-state index is 5.38. The number of nitrogens with one attached hydrogen (secondary N) is 1. The van der Waals surface area contributed by atoms with Gasteiger partial charge >= 0.3 is 0 Å². The summed E-state index contributed by atoms with van der Waals surface area (Å²) in [5, 5.41) is 3.43. The molecule has 0 aromatic heterocycles. The first kappa shape index (κ1) is 11.4. The molecule has 11 heavy (non-hydrogen) atoms. The van der Waals surface area contributed by atoms with E-state index in [1.165, 1.54) is 6.16 Å². The fourth-order valence-electron chi connectivity index (χ4n) is 0.643. The largest absolute Gasteiger partial charge is 0.377 e. The van der Waals surface area contributed by atoms with Gasteiger partial charge in [0, 0.05) is 6.54 Å². The van der Waals surface area contributed by atoms with Gasteiger partial charge in [0.25, 0.3) is 0 Å². The van der Waals surface area contributed by atoms with E-state index in [1.54, 1.807) is 0 Å². The molecule has 3 heteroatoms. The van der Waals surface area contributed by atoms with Crippen molar-refractivity contribution in [2.45, 2.75) is 26.9 Å². The Balaban J connectivity index is 3.01. The summed E-state index contributed by atoms with van der Waals surface area (Å²) < 4.78 is 5.38. The van der Waals surface area contributed by atoms with E-state index in [1.807, 2.05) is 0 Å². The zero-order valence-electron chi connectivity index (χ0n) is 8.05. The van der Waals surface area contributed by atoms with Crippen LogP contribution in [0.1, 0.15) is 20.8 Å². The molecule has 0 aliphatic rings. The molecule has 0 rings (SSSR count). The first-order valence-corrected chi connectivity index (χ1v) is 6.20. The lowest BCUT2D eigenvalue weighted by Crippen LogP contribution is -2.17. The maximum Gasteiger partial charge on any atom is 0.0597 e. The van der Waals surface area contributed by atoms with Crippen LogP contribution < -0.4 is 5.09 Å².